The van der Waals surface area contributed by atoms with Gasteiger partial charge in [-0.2, -0.15) is 0 Å². The Hall–Kier alpha value is -0.850. The molecule has 26 heavy (non-hydrogen) atoms. The molecule has 0 aromatic rings. The lowest BCUT2D eigenvalue weighted by molar-refractivity contribution is -0.200. The van der Waals surface area contributed by atoms with Gasteiger partial charge in [0.2, 0.25) is 0 Å². The van der Waals surface area contributed by atoms with Gasteiger partial charge in [-0.3, -0.25) is 4.79 Å². The summed E-state index contributed by atoms with van der Waals surface area (Å²) in [7, 11) is 0. The summed E-state index contributed by atoms with van der Waals surface area (Å²) in [6.07, 6.45) is 12.8. The van der Waals surface area contributed by atoms with Crippen LogP contribution in [0.5, 0.6) is 0 Å². The Morgan fingerprint density at radius 1 is 1.19 bits per heavy atom. The molecule has 0 aromatic heterocycles. The van der Waals surface area contributed by atoms with Crippen molar-refractivity contribution in [3.63, 3.8) is 0 Å². The van der Waals surface area contributed by atoms with Gasteiger partial charge in [0.15, 0.2) is 0 Å². The SMILES string of the molecule is C#C[C@@]1(O)C[C@H]2[C@@H](CC[C@H]3CC(=O)CC[C@@]32C)[C@@H]2CC[C@H]([C@H](C)O)[C@]21C. The van der Waals surface area contributed by atoms with Gasteiger partial charge in [0.25, 0.3) is 0 Å². The Labute approximate surface area is 157 Å². The van der Waals surface area contributed by atoms with Gasteiger partial charge < -0.3 is 10.2 Å². The highest BCUT2D eigenvalue weighted by atomic mass is 16.3. The third-order valence-corrected chi connectivity index (χ3v) is 9.64. The lowest BCUT2D eigenvalue weighted by Gasteiger charge is -2.64. The number of carbonyl (C=O) groups excluding carboxylic acids is 1. The van der Waals surface area contributed by atoms with Crippen molar-refractivity contribution in [2.45, 2.75) is 83.8 Å². The van der Waals surface area contributed by atoms with E-state index in [-0.39, 0.29) is 11.3 Å². The number of hydrogen-bond acceptors (Lipinski definition) is 3. The Bertz CT molecular complexity index is 648. The smallest absolute Gasteiger partial charge is 0.133 e. The van der Waals surface area contributed by atoms with E-state index in [2.05, 4.69) is 19.8 Å². The molecule has 4 fully saturated rings. The van der Waals surface area contributed by atoms with Crippen molar-refractivity contribution in [2.24, 2.45) is 40.4 Å². The van der Waals surface area contributed by atoms with Crippen molar-refractivity contribution in [1.82, 2.24) is 0 Å². The van der Waals surface area contributed by atoms with Crippen molar-refractivity contribution in [3.05, 3.63) is 0 Å². The lowest BCUT2D eigenvalue weighted by atomic mass is 9.41. The maximum Gasteiger partial charge on any atom is 0.133 e. The van der Waals surface area contributed by atoms with Crippen LogP contribution in [0, 0.1) is 52.8 Å². The Morgan fingerprint density at radius 3 is 2.58 bits per heavy atom. The summed E-state index contributed by atoms with van der Waals surface area (Å²) in [6, 6.07) is 0. The quantitative estimate of drug-likeness (QED) is 0.705. The number of carbonyl (C=O) groups is 1. The number of aliphatic hydroxyl groups is 2. The van der Waals surface area contributed by atoms with E-state index in [0.29, 0.717) is 48.7 Å². The summed E-state index contributed by atoms with van der Waals surface area (Å²) in [5.41, 5.74) is -1.46. The monoisotopic (exact) mass is 358 g/mol. The van der Waals surface area contributed by atoms with Crippen LogP contribution >= 0.6 is 0 Å². The van der Waals surface area contributed by atoms with Crippen LogP contribution in [0.25, 0.3) is 0 Å². The minimum atomic E-state index is -1.16. The van der Waals surface area contributed by atoms with Crippen LogP contribution in [0.2, 0.25) is 0 Å². The molecule has 0 heterocycles. The summed E-state index contributed by atoms with van der Waals surface area (Å²) < 4.78 is 0. The molecule has 144 valence electrons. The van der Waals surface area contributed by atoms with Crippen molar-refractivity contribution < 1.29 is 15.0 Å². The van der Waals surface area contributed by atoms with E-state index in [1.54, 1.807) is 0 Å². The summed E-state index contributed by atoms with van der Waals surface area (Å²) in [4.78, 5) is 12.0. The third kappa shape index (κ3) is 2.18. The average molecular weight is 359 g/mol. The molecule has 4 aliphatic carbocycles. The van der Waals surface area contributed by atoms with E-state index in [9.17, 15) is 15.0 Å². The van der Waals surface area contributed by atoms with E-state index in [1.165, 1.54) is 0 Å². The molecule has 3 nitrogen and oxygen atoms in total. The topological polar surface area (TPSA) is 57.5 Å². The fourth-order valence-corrected chi connectivity index (χ4v) is 8.09. The molecule has 4 rings (SSSR count). The first-order valence-corrected chi connectivity index (χ1v) is 10.6. The van der Waals surface area contributed by atoms with Crippen molar-refractivity contribution in [3.8, 4) is 12.3 Å². The fourth-order valence-electron chi connectivity index (χ4n) is 8.09. The number of fused-ring (bicyclic) bond motifs is 5. The number of terminal acetylenes is 1. The van der Waals surface area contributed by atoms with Gasteiger partial charge in [0.05, 0.1) is 6.10 Å². The molecule has 0 spiro atoms. The predicted octanol–water partition coefficient (Wildman–Crippen LogP) is 3.57. The van der Waals surface area contributed by atoms with Gasteiger partial charge in [-0.1, -0.05) is 19.8 Å². The van der Waals surface area contributed by atoms with Crippen LogP contribution in [0.3, 0.4) is 0 Å². The van der Waals surface area contributed by atoms with Crippen LogP contribution < -0.4 is 0 Å². The maximum absolute atomic E-state index is 12.0. The highest BCUT2D eigenvalue weighted by Crippen LogP contribution is 2.70. The Kier molecular flexibility index (Phi) is 4.14. The van der Waals surface area contributed by atoms with E-state index < -0.39 is 17.1 Å². The zero-order chi connectivity index (χ0) is 18.9. The molecule has 0 amide bonds. The van der Waals surface area contributed by atoms with Gasteiger partial charge in [-0.25, -0.2) is 0 Å². The van der Waals surface area contributed by atoms with Gasteiger partial charge in [0.1, 0.15) is 11.4 Å². The number of hydrogen-bond donors (Lipinski definition) is 2. The number of Topliss-reactive ketones (excluding diaryl/α,β-unsaturated/α-hetero) is 1. The van der Waals surface area contributed by atoms with Crippen LogP contribution in [-0.2, 0) is 4.79 Å². The molecule has 0 bridgehead atoms. The number of ketones is 1. The van der Waals surface area contributed by atoms with Crippen molar-refractivity contribution >= 4 is 5.78 Å². The van der Waals surface area contributed by atoms with Crippen molar-refractivity contribution in [1.29, 1.82) is 0 Å². The second-order valence-electron chi connectivity index (χ2n) is 10.3. The molecule has 0 aromatic carbocycles. The predicted molar refractivity (Wildman–Crippen MR) is 101 cm³/mol. The summed E-state index contributed by atoms with van der Waals surface area (Å²) >= 11 is 0. The van der Waals surface area contributed by atoms with Crippen LogP contribution in [0.1, 0.15) is 72.1 Å². The second kappa shape index (κ2) is 5.82. The van der Waals surface area contributed by atoms with E-state index in [4.69, 9.17) is 6.42 Å². The van der Waals surface area contributed by atoms with E-state index in [1.807, 2.05) is 6.92 Å². The van der Waals surface area contributed by atoms with Crippen LogP contribution in [0.4, 0.5) is 0 Å². The summed E-state index contributed by atoms with van der Waals surface area (Å²) in [5.74, 6) is 5.06. The molecule has 4 saturated carbocycles. The first-order valence-electron chi connectivity index (χ1n) is 10.6. The van der Waals surface area contributed by atoms with Gasteiger partial charge in [-0.05, 0) is 80.5 Å². The molecular formula is C23H34O3. The summed E-state index contributed by atoms with van der Waals surface area (Å²) in [6.45, 7) is 6.37. The normalized spacial score (nSPS) is 54.6. The molecule has 2 N–H and O–H groups in total. The third-order valence-electron chi connectivity index (χ3n) is 9.64. The molecule has 0 radical (unpaired) electrons. The van der Waals surface area contributed by atoms with Crippen molar-refractivity contribution in [2.75, 3.05) is 0 Å². The molecule has 3 heteroatoms. The van der Waals surface area contributed by atoms with Gasteiger partial charge >= 0.3 is 0 Å². The Morgan fingerprint density at radius 2 is 1.92 bits per heavy atom. The van der Waals surface area contributed by atoms with Crippen LogP contribution in [-0.4, -0.2) is 27.7 Å². The van der Waals surface area contributed by atoms with Gasteiger partial charge in [0, 0.05) is 18.3 Å². The molecule has 9 atom stereocenters. The second-order valence-corrected chi connectivity index (χ2v) is 10.3. The largest absolute Gasteiger partial charge is 0.393 e. The first-order chi connectivity index (χ1) is 12.2. The standard InChI is InChI=1S/C23H34O3/c1-5-23(26)13-20-17(19-9-8-18(14(2)24)22(19,23)4)7-6-15-12-16(25)10-11-21(15,20)3/h1,14-15,17-20,24,26H,6-13H2,2-4H3/t14-,15-,17-,18+,19-,20-,21-,22+,23+/m0/s1. The lowest BCUT2D eigenvalue weighted by Crippen LogP contribution is -2.64. The molecular weight excluding hydrogens is 324 g/mol. The zero-order valence-electron chi connectivity index (χ0n) is 16.5. The van der Waals surface area contributed by atoms with E-state index >= 15 is 0 Å². The molecule has 0 saturated heterocycles. The van der Waals surface area contributed by atoms with Crippen LogP contribution in [0.15, 0.2) is 0 Å². The maximum atomic E-state index is 12.0. The Balaban J connectivity index is 1.76. The molecule has 0 aliphatic heterocycles. The number of rotatable bonds is 1. The first kappa shape index (κ1) is 18.5. The molecule has 0 unspecified atom stereocenters. The minimum absolute atomic E-state index is 0.0629. The fraction of sp³-hybridized carbons (Fsp3) is 0.870. The van der Waals surface area contributed by atoms with Gasteiger partial charge in [-0.15, -0.1) is 6.42 Å². The minimum Gasteiger partial charge on any atom is -0.393 e. The summed E-state index contributed by atoms with van der Waals surface area (Å²) in [5, 5.41) is 22.1. The number of aliphatic hydroxyl groups excluding tert-OH is 1. The highest BCUT2D eigenvalue weighted by Gasteiger charge is 2.68. The zero-order valence-corrected chi connectivity index (χ0v) is 16.5. The highest BCUT2D eigenvalue weighted by molar-refractivity contribution is 5.79. The van der Waals surface area contributed by atoms with E-state index in [0.717, 1.165) is 32.1 Å². The average Bonchev–Trinajstić information content (AvgIpc) is 2.96. The molecule has 4 aliphatic rings.